The molecule has 2 saturated carbocycles. The monoisotopic (exact) mass is 167 g/mol. The van der Waals surface area contributed by atoms with Crippen LogP contribution in [-0.2, 0) is 0 Å². The highest BCUT2D eigenvalue weighted by Crippen LogP contribution is 2.57. The van der Waals surface area contributed by atoms with Gasteiger partial charge in [0.05, 0.1) is 0 Å². The molecule has 70 valence electrons. The van der Waals surface area contributed by atoms with E-state index in [1.807, 2.05) is 0 Å². The van der Waals surface area contributed by atoms with Crippen LogP contribution in [0.5, 0.6) is 0 Å². The van der Waals surface area contributed by atoms with Gasteiger partial charge in [-0.15, -0.1) is 0 Å². The van der Waals surface area contributed by atoms with Gasteiger partial charge in [0.15, 0.2) is 0 Å². The fourth-order valence-corrected chi connectivity index (χ4v) is 3.06. The van der Waals surface area contributed by atoms with E-state index in [2.05, 4.69) is 6.92 Å². The van der Waals surface area contributed by atoms with Crippen LogP contribution in [0.1, 0.15) is 51.9 Å². The first-order chi connectivity index (χ1) is 5.76. The Kier molecular flexibility index (Phi) is 2.16. The first kappa shape index (κ1) is 8.55. The smallest absolute Gasteiger partial charge is 0.00696 e. The lowest BCUT2D eigenvalue weighted by atomic mass is 9.74. The van der Waals surface area contributed by atoms with Gasteiger partial charge < -0.3 is 5.73 Å². The van der Waals surface area contributed by atoms with Crippen LogP contribution in [0.15, 0.2) is 0 Å². The minimum Gasteiger partial charge on any atom is -0.327 e. The van der Waals surface area contributed by atoms with Crippen molar-refractivity contribution in [2.45, 2.75) is 57.9 Å². The van der Waals surface area contributed by atoms with Crippen LogP contribution in [-0.4, -0.2) is 6.04 Å². The second-order valence-electron chi connectivity index (χ2n) is 4.86. The van der Waals surface area contributed by atoms with Crippen LogP contribution < -0.4 is 5.73 Å². The molecule has 1 atom stereocenters. The lowest BCUT2D eigenvalue weighted by Crippen LogP contribution is -2.35. The van der Waals surface area contributed by atoms with Crippen molar-refractivity contribution in [1.29, 1.82) is 0 Å². The van der Waals surface area contributed by atoms with E-state index in [1.54, 1.807) is 0 Å². The van der Waals surface area contributed by atoms with Crippen molar-refractivity contribution in [3.8, 4) is 0 Å². The van der Waals surface area contributed by atoms with E-state index in [1.165, 1.54) is 44.9 Å². The van der Waals surface area contributed by atoms with Gasteiger partial charge in [-0.1, -0.05) is 19.3 Å². The van der Waals surface area contributed by atoms with Crippen LogP contribution >= 0.6 is 0 Å². The fraction of sp³-hybridized carbons (Fsp3) is 1.00. The maximum absolute atomic E-state index is 6.06. The minimum atomic E-state index is 0.445. The van der Waals surface area contributed by atoms with Crippen LogP contribution in [0.25, 0.3) is 0 Å². The molecule has 2 aliphatic rings. The molecule has 0 bridgehead atoms. The highest BCUT2D eigenvalue weighted by molar-refractivity contribution is 5.03. The van der Waals surface area contributed by atoms with Crippen LogP contribution in [0.4, 0.5) is 0 Å². The molecule has 2 N–H and O–H groups in total. The Bertz CT molecular complexity index is 152. The van der Waals surface area contributed by atoms with Crippen molar-refractivity contribution >= 4 is 0 Å². The molecule has 0 radical (unpaired) electrons. The molecule has 0 aromatic rings. The molecular formula is C11H21N. The molecule has 0 spiro atoms. The number of nitrogens with two attached hydrogens (primary N) is 1. The Labute approximate surface area is 75.7 Å². The SMILES string of the molecule is CC(N)C1(C2CCCCC2)CC1. The molecule has 1 nitrogen and oxygen atoms in total. The van der Waals surface area contributed by atoms with E-state index >= 15 is 0 Å². The van der Waals surface area contributed by atoms with E-state index in [0.29, 0.717) is 11.5 Å². The van der Waals surface area contributed by atoms with Gasteiger partial charge in [-0.05, 0) is 43.9 Å². The van der Waals surface area contributed by atoms with Gasteiger partial charge in [-0.3, -0.25) is 0 Å². The molecule has 0 amide bonds. The predicted octanol–water partition coefficient (Wildman–Crippen LogP) is 2.69. The standard InChI is InChI=1S/C11H21N/c1-9(12)11(7-8-11)10-5-3-2-4-6-10/h9-10H,2-8,12H2,1H3. The quantitative estimate of drug-likeness (QED) is 0.672. The van der Waals surface area contributed by atoms with E-state index in [-0.39, 0.29) is 0 Å². The van der Waals surface area contributed by atoms with E-state index < -0.39 is 0 Å². The third-order valence-electron chi connectivity index (χ3n) is 4.15. The highest BCUT2D eigenvalue weighted by Gasteiger charge is 2.51. The summed E-state index contributed by atoms with van der Waals surface area (Å²) < 4.78 is 0. The summed E-state index contributed by atoms with van der Waals surface area (Å²) in [7, 11) is 0. The summed E-state index contributed by atoms with van der Waals surface area (Å²) in [6, 6.07) is 0.445. The Morgan fingerprint density at radius 2 is 1.75 bits per heavy atom. The molecule has 0 heterocycles. The summed E-state index contributed by atoms with van der Waals surface area (Å²) in [5.41, 5.74) is 6.66. The van der Waals surface area contributed by atoms with E-state index in [9.17, 15) is 0 Å². The fourth-order valence-electron chi connectivity index (χ4n) is 3.06. The largest absolute Gasteiger partial charge is 0.327 e. The van der Waals surface area contributed by atoms with Crippen LogP contribution in [0, 0.1) is 11.3 Å². The molecular weight excluding hydrogens is 146 g/mol. The van der Waals surface area contributed by atoms with Crippen molar-refractivity contribution in [3.05, 3.63) is 0 Å². The van der Waals surface area contributed by atoms with Crippen molar-refractivity contribution in [2.24, 2.45) is 17.1 Å². The summed E-state index contributed by atoms with van der Waals surface area (Å²) in [6.07, 6.45) is 10.1. The molecule has 2 fully saturated rings. The van der Waals surface area contributed by atoms with Gasteiger partial charge >= 0.3 is 0 Å². The number of hydrogen-bond acceptors (Lipinski definition) is 1. The van der Waals surface area contributed by atoms with Crippen molar-refractivity contribution in [3.63, 3.8) is 0 Å². The Morgan fingerprint density at radius 3 is 2.17 bits per heavy atom. The zero-order valence-corrected chi connectivity index (χ0v) is 8.18. The normalized spacial score (nSPS) is 31.5. The second-order valence-corrected chi connectivity index (χ2v) is 4.86. The molecule has 0 aromatic carbocycles. The maximum atomic E-state index is 6.06. The van der Waals surface area contributed by atoms with E-state index in [0.717, 1.165) is 5.92 Å². The van der Waals surface area contributed by atoms with Crippen molar-refractivity contribution < 1.29 is 0 Å². The summed E-state index contributed by atoms with van der Waals surface area (Å²) >= 11 is 0. The molecule has 1 unspecified atom stereocenters. The first-order valence-electron chi connectivity index (χ1n) is 5.51. The van der Waals surface area contributed by atoms with E-state index in [4.69, 9.17) is 5.73 Å². The lowest BCUT2D eigenvalue weighted by molar-refractivity contribution is 0.200. The summed E-state index contributed by atoms with van der Waals surface area (Å²) in [6.45, 7) is 2.21. The predicted molar refractivity (Wildman–Crippen MR) is 51.9 cm³/mol. The molecule has 2 rings (SSSR count). The Morgan fingerprint density at radius 1 is 1.17 bits per heavy atom. The summed E-state index contributed by atoms with van der Waals surface area (Å²) in [4.78, 5) is 0. The van der Waals surface area contributed by atoms with Gasteiger partial charge in [0.1, 0.15) is 0 Å². The highest BCUT2D eigenvalue weighted by atomic mass is 14.7. The van der Waals surface area contributed by atoms with Crippen LogP contribution in [0.3, 0.4) is 0 Å². The summed E-state index contributed by atoms with van der Waals surface area (Å²) in [5.74, 6) is 0.978. The molecule has 0 saturated heterocycles. The van der Waals surface area contributed by atoms with Gasteiger partial charge in [0, 0.05) is 6.04 Å². The molecule has 1 heteroatoms. The van der Waals surface area contributed by atoms with Crippen molar-refractivity contribution in [1.82, 2.24) is 0 Å². The summed E-state index contributed by atoms with van der Waals surface area (Å²) in [5, 5.41) is 0. The molecule has 2 aliphatic carbocycles. The third kappa shape index (κ3) is 1.28. The molecule has 0 aromatic heterocycles. The Hall–Kier alpha value is -0.0400. The lowest BCUT2D eigenvalue weighted by Gasteiger charge is -2.33. The zero-order chi connectivity index (χ0) is 8.60. The zero-order valence-electron chi connectivity index (χ0n) is 8.18. The first-order valence-corrected chi connectivity index (χ1v) is 5.51. The number of rotatable bonds is 2. The van der Waals surface area contributed by atoms with Gasteiger partial charge in [-0.25, -0.2) is 0 Å². The maximum Gasteiger partial charge on any atom is 0.00696 e. The minimum absolute atomic E-state index is 0.445. The number of hydrogen-bond donors (Lipinski definition) is 1. The second kappa shape index (κ2) is 3.02. The van der Waals surface area contributed by atoms with Gasteiger partial charge in [0.2, 0.25) is 0 Å². The molecule has 12 heavy (non-hydrogen) atoms. The average molecular weight is 167 g/mol. The van der Waals surface area contributed by atoms with Crippen LogP contribution in [0.2, 0.25) is 0 Å². The van der Waals surface area contributed by atoms with Gasteiger partial charge in [0.25, 0.3) is 0 Å². The Balaban J connectivity index is 1.97. The average Bonchev–Trinajstić information content (AvgIpc) is 2.86. The van der Waals surface area contributed by atoms with Crippen molar-refractivity contribution in [2.75, 3.05) is 0 Å². The topological polar surface area (TPSA) is 26.0 Å². The third-order valence-corrected chi connectivity index (χ3v) is 4.15. The van der Waals surface area contributed by atoms with Gasteiger partial charge in [-0.2, -0.15) is 0 Å². The molecule has 0 aliphatic heterocycles.